The van der Waals surface area contributed by atoms with Crippen molar-refractivity contribution in [1.82, 2.24) is 4.90 Å². The number of carbonyl (C=O) groups excluding carboxylic acids is 3. The van der Waals surface area contributed by atoms with E-state index >= 15 is 0 Å². The number of amides is 3. The standard InChI is InChI=1S/C26H32N2O4/c1-7-26(4,5)28(24(30)19-10-14-21(32-6)15-11-19)22-16-23(29)27(25(22)31)20-12-8-18(9-13-20)17(2)3/h8-15,17,22H,7,16H2,1-6H3. The lowest BCUT2D eigenvalue weighted by molar-refractivity contribution is -0.123. The third-order valence-corrected chi connectivity index (χ3v) is 6.33. The predicted molar refractivity (Wildman–Crippen MR) is 125 cm³/mol. The van der Waals surface area contributed by atoms with E-state index in [1.807, 2.05) is 32.9 Å². The maximum absolute atomic E-state index is 13.6. The predicted octanol–water partition coefficient (Wildman–Crippen LogP) is 4.78. The highest BCUT2D eigenvalue weighted by Crippen LogP contribution is 2.33. The van der Waals surface area contributed by atoms with E-state index in [4.69, 9.17) is 4.74 Å². The van der Waals surface area contributed by atoms with E-state index in [2.05, 4.69) is 13.8 Å². The molecule has 32 heavy (non-hydrogen) atoms. The fourth-order valence-corrected chi connectivity index (χ4v) is 3.98. The molecule has 1 unspecified atom stereocenters. The number of hydrogen-bond donors (Lipinski definition) is 0. The fraction of sp³-hybridized carbons (Fsp3) is 0.423. The molecule has 1 fully saturated rings. The van der Waals surface area contributed by atoms with Crippen molar-refractivity contribution in [2.45, 2.75) is 65.0 Å². The summed E-state index contributed by atoms with van der Waals surface area (Å²) >= 11 is 0. The van der Waals surface area contributed by atoms with Crippen molar-refractivity contribution in [2.24, 2.45) is 0 Å². The van der Waals surface area contributed by atoms with E-state index in [9.17, 15) is 14.4 Å². The molecule has 6 nitrogen and oxygen atoms in total. The minimum atomic E-state index is -0.850. The van der Waals surface area contributed by atoms with Crippen molar-refractivity contribution in [3.8, 4) is 5.75 Å². The third-order valence-electron chi connectivity index (χ3n) is 6.33. The van der Waals surface area contributed by atoms with Gasteiger partial charge in [0.1, 0.15) is 11.8 Å². The molecule has 2 aromatic carbocycles. The first-order valence-electron chi connectivity index (χ1n) is 11.0. The average molecular weight is 437 g/mol. The van der Waals surface area contributed by atoms with Crippen molar-refractivity contribution in [3.05, 3.63) is 59.7 Å². The van der Waals surface area contributed by atoms with Gasteiger partial charge >= 0.3 is 0 Å². The first-order chi connectivity index (χ1) is 15.1. The van der Waals surface area contributed by atoms with Gasteiger partial charge in [0.25, 0.3) is 11.8 Å². The Bertz CT molecular complexity index is 993. The summed E-state index contributed by atoms with van der Waals surface area (Å²) in [5, 5.41) is 0. The molecule has 3 amide bonds. The van der Waals surface area contributed by atoms with Gasteiger partial charge in [-0.25, -0.2) is 4.90 Å². The van der Waals surface area contributed by atoms with Crippen molar-refractivity contribution in [1.29, 1.82) is 0 Å². The van der Waals surface area contributed by atoms with Crippen LogP contribution in [0.3, 0.4) is 0 Å². The van der Waals surface area contributed by atoms with Crippen LogP contribution in [0.2, 0.25) is 0 Å². The maximum Gasteiger partial charge on any atom is 0.257 e. The van der Waals surface area contributed by atoms with Gasteiger partial charge in [-0.3, -0.25) is 14.4 Å². The van der Waals surface area contributed by atoms with Crippen LogP contribution in [-0.2, 0) is 9.59 Å². The van der Waals surface area contributed by atoms with Crippen LogP contribution in [0.15, 0.2) is 48.5 Å². The van der Waals surface area contributed by atoms with Gasteiger partial charge in [0.05, 0.1) is 19.2 Å². The SMILES string of the molecule is CCC(C)(C)N(C(=O)c1ccc(OC)cc1)C1CC(=O)N(c2ccc(C(C)C)cc2)C1=O. The zero-order valence-corrected chi connectivity index (χ0v) is 19.7. The van der Waals surface area contributed by atoms with Crippen LogP contribution in [0.5, 0.6) is 5.75 Å². The second-order valence-electron chi connectivity index (χ2n) is 9.10. The van der Waals surface area contributed by atoms with Gasteiger partial charge in [0, 0.05) is 11.1 Å². The highest BCUT2D eigenvalue weighted by Gasteiger charge is 2.48. The number of benzene rings is 2. The maximum atomic E-state index is 13.6. The minimum Gasteiger partial charge on any atom is -0.497 e. The number of anilines is 1. The summed E-state index contributed by atoms with van der Waals surface area (Å²) in [4.78, 5) is 42.7. The van der Waals surface area contributed by atoms with Gasteiger partial charge in [-0.1, -0.05) is 32.9 Å². The number of imide groups is 1. The molecule has 0 bridgehead atoms. The molecule has 1 saturated heterocycles. The second-order valence-corrected chi connectivity index (χ2v) is 9.10. The first-order valence-corrected chi connectivity index (χ1v) is 11.0. The highest BCUT2D eigenvalue weighted by molar-refractivity contribution is 6.23. The zero-order valence-electron chi connectivity index (χ0n) is 19.7. The molecule has 0 radical (unpaired) electrons. The molecule has 0 N–H and O–H groups in total. The van der Waals surface area contributed by atoms with E-state index < -0.39 is 11.6 Å². The molecule has 0 aliphatic carbocycles. The van der Waals surface area contributed by atoms with Crippen LogP contribution in [0.4, 0.5) is 5.69 Å². The Labute approximate surface area is 190 Å². The average Bonchev–Trinajstić information content (AvgIpc) is 3.07. The first kappa shape index (κ1) is 23.5. The molecule has 2 aromatic rings. The van der Waals surface area contributed by atoms with Gasteiger partial charge in [0.15, 0.2) is 0 Å². The normalized spacial score (nSPS) is 16.6. The number of nitrogens with zero attached hydrogens (tertiary/aromatic N) is 2. The van der Waals surface area contributed by atoms with Crippen LogP contribution in [0.25, 0.3) is 0 Å². The molecule has 6 heteroatoms. The topological polar surface area (TPSA) is 66.9 Å². The van der Waals surface area contributed by atoms with Crippen LogP contribution in [0.1, 0.15) is 69.3 Å². The molecule has 1 aliphatic rings. The molecule has 1 heterocycles. The lowest BCUT2D eigenvalue weighted by atomic mass is 9.94. The van der Waals surface area contributed by atoms with Crippen LogP contribution >= 0.6 is 0 Å². The molecule has 1 aliphatic heterocycles. The van der Waals surface area contributed by atoms with E-state index in [1.54, 1.807) is 48.4 Å². The minimum absolute atomic E-state index is 0.0317. The van der Waals surface area contributed by atoms with Crippen molar-refractivity contribution < 1.29 is 19.1 Å². The van der Waals surface area contributed by atoms with Crippen molar-refractivity contribution in [2.75, 3.05) is 12.0 Å². The highest BCUT2D eigenvalue weighted by atomic mass is 16.5. The summed E-state index contributed by atoms with van der Waals surface area (Å²) in [6.45, 7) is 10.00. The van der Waals surface area contributed by atoms with E-state index in [0.717, 1.165) is 5.56 Å². The van der Waals surface area contributed by atoms with Gasteiger partial charge in [0.2, 0.25) is 5.91 Å². The lowest BCUT2D eigenvalue weighted by Gasteiger charge is -2.41. The Morgan fingerprint density at radius 3 is 2.19 bits per heavy atom. The second kappa shape index (κ2) is 9.15. The largest absolute Gasteiger partial charge is 0.497 e. The smallest absolute Gasteiger partial charge is 0.257 e. The zero-order chi connectivity index (χ0) is 23.6. The summed E-state index contributed by atoms with van der Waals surface area (Å²) < 4.78 is 5.18. The van der Waals surface area contributed by atoms with Crippen molar-refractivity contribution in [3.63, 3.8) is 0 Å². The molecule has 0 spiro atoms. The molecular formula is C26H32N2O4. The Balaban J connectivity index is 1.95. The Kier molecular flexibility index (Phi) is 6.72. The summed E-state index contributed by atoms with van der Waals surface area (Å²) in [5.74, 6) is 0.0609. The number of methoxy groups -OCH3 is 1. The molecule has 1 atom stereocenters. The van der Waals surface area contributed by atoms with Gasteiger partial charge in [-0.2, -0.15) is 0 Å². The number of ether oxygens (including phenoxy) is 1. The van der Waals surface area contributed by atoms with E-state index in [1.165, 1.54) is 4.90 Å². The van der Waals surface area contributed by atoms with Crippen LogP contribution in [0, 0.1) is 0 Å². The number of hydrogen-bond acceptors (Lipinski definition) is 4. The molecule has 3 rings (SSSR count). The number of rotatable bonds is 7. The summed E-state index contributed by atoms with van der Waals surface area (Å²) in [6, 6.07) is 13.4. The fourth-order valence-electron chi connectivity index (χ4n) is 3.98. The molecule has 170 valence electrons. The Hall–Kier alpha value is -3.15. The van der Waals surface area contributed by atoms with Crippen LogP contribution < -0.4 is 9.64 Å². The van der Waals surface area contributed by atoms with Gasteiger partial charge in [-0.15, -0.1) is 0 Å². The summed E-state index contributed by atoms with van der Waals surface area (Å²) in [5.41, 5.74) is 1.51. The molecular weight excluding hydrogens is 404 g/mol. The lowest BCUT2D eigenvalue weighted by Crippen LogP contribution is -2.55. The van der Waals surface area contributed by atoms with Gasteiger partial charge in [-0.05, 0) is 68.1 Å². The Morgan fingerprint density at radius 1 is 1.09 bits per heavy atom. The van der Waals surface area contributed by atoms with Crippen LogP contribution in [-0.4, -0.2) is 41.3 Å². The third kappa shape index (κ3) is 4.40. The molecule has 0 saturated carbocycles. The van der Waals surface area contributed by atoms with Gasteiger partial charge < -0.3 is 9.64 Å². The Morgan fingerprint density at radius 2 is 1.69 bits per heavy atom. The van der Waals surface area contributed by atoms with E-state index in [-0.39, 0.29) is 24.1 Å². The number of carbonyl (C=O) groups is 3. The van der Waals surface area contributed by atoms with E-state index in [0.29, 0.717) is 29.3 Å². The summed E-state index contributed by atoms with van der Waals surface area (Å²) in [7, 11) is 1.56. The summed E-state index contributed by atoms with van der Waals surface area (Å²) in [6.07, 6.45) is 0.603. The molecule has 0 aromatic heterocycles. The quantitative estimate of drug-likeness (QED) is 0.586. The monoisotopic (exact) mass is 436 g/mol. The van der Waals surface area contributed by atoms with Crippen molar-refractivity contribution >= 4 is 23.4 Å².